The first-order valence-electron chi connectivity index (χ1n) is 5.98. The molecule has 5 heteroatoms. The van der Waals surface area contributed by atoms with Crippen molar-refractivity contribution in [1.82, 2.24) is 9.97 Å². The normalized spacial score (nSPS) is 19.1. The molecule has 17 heavy (non-hydrogen) atoms. The molecule has 1 fully saturated rings. The van der Waals surface area contributed by atoms with E-state index in [2.05, 4.69) is 21.8 Å². The molecule has 5 nitrogen and oxygen atoms in total. The van der Waals surface area contributed by atoms with Crippen LogP contribution in [0.3, 0.4) is 0 Å². The Morgan fingerprint density at radius 3 is 2.71 bits per heavy atom. The monoisotopic (exact) mass is 236 g/mol. The van der Waals surface area contributed by atoms with Crippen LogP contribution in [0.4, 0.5) is 5.82 Å². The van der Waals surface area contributed by atoms with Gasteiger partial charge in [-0.25, -0.2) is 9.97 Å². The van der Waals surface area contributed by atoms with E-state index >= 15 is 0 Å². The highest BCUT2D eigenvalue weighted by atomic mass is 16.5. The maximum absolute atomic E-state index is 5.80. The van der Waals surface area contributed by atoms with E-state index in [4.69, 9.17) is 10.5 Å². The molecule has 0 bridgehead atoms. The number of ether oxygens (including phenoxy) is 1. The highest BCUT2D eigenvalue weighted by Gasteiger charge is 2.29. The summed E-state index contributed by atoms with van der Waals surface area (Å²) in [4.78, 5) is 10.6. The third-order valence-corrected chi connectivity index (χ3v) is 3.62. The quantitative estimate of drug-likeness (QED) is 0.850. The summed E-state index contributed by atoms with van der Waals surface area (Å²) in [7, 11) is 1.62. The zero-order valence-corrected chi connectivity index (χ0v) is 10.5. The minimum absolute atomic E-state index is 0.285. The molecule has 0 amide bonds. The molecular formula is C12H20N4O. The van der Waals surface area contributed by atoms with Crippen LogP contribution < -0.4 is 15.4 Å². The average Bonchev–Trinajstić information content (AvgIpc) is 2.40. The second kappa shape index (κ2) is 4.87. The first kappa shape index (κ1) is 12.1. The van der Waals surface area contributed by atoms with Gasteiger partial charge in [0.2, 0.25) is 5.88 Å². The predicted molar refractivity (Wildman–Crippen MR) is 67.2 cm³/mol. The maximum Gasteiger partial charge on any atom is 0.218 e. The van der Waals surface area contributed by atoms with Crippen LogP contribution >= 0.6 is 0 Å². The van der Waals surface area contributed by atoms with Gasteiger partial charge in [0.05, 0.1) is 7.11 Å². The van der Waals surface area contributed by atoms with Gasteiger partial charge in [-0.1, -0.05) is 6.92 Å². The summed E-state index contributed by atoms with van der Waals surface area (Å²) < 4.78 is 5.11. The van der Waals surface area contributed by atoms with Crippen molar-refractivity contribution >= 4 is 5.82 Å². The lowest BCUT2D eigenvalue weighted by atomic mass is 9.80. The highest BCUT2D eigenvalue weighted by molar-refractivity contribution is 5.41. The molecule has 1 aromatic rings. The van der Waals surface area contributed by atoms with Crippen molar-refractivity contribution in [3.8, 4) is 5.88 Å². The maximum atomic E-state index is 5.80. The third kappa shape index (κ3) is 2.66. The summed E-state index contributed by atoms with van der Waals surface area (Å²) in [5.41, 5.74) is 6.09. The van der Waals surface area contributed by atoms with Gasteiger partial charge in [0.25, 0.3) is 0 Å². The molecule has 1 aliphatic rings. The zero-order chi connectivity index (χ0) is 12.3. The average molecular weight is 236 g/mol. The summed E-state index contributed by atoms with van der Waals surface area (Å²) in [6.07, 6.45) is 3.76. The van der Waals surface area contributed by atoms with Gasteiger partial charge in [0, 0.05) is 19.2 Å². The Hall–Kier alpha value is -1.36. The Labute approximate surface area is 102 Å². The van der Waals surface area contributed by atoms with Crippen LogP contribution in [0.2, 0.25) is 0 Å². The lowest BCUT2D eigenvalue weighted by Crippen LogP contribution is -2.42. The molecule has 0 aromatic carbocycles. The summed E-state index contributed by atoms with van der Waals surface area (Å²) in [5.74, 6) is 1.55. The van der Waals surface area contributed by atoms with Crippen molar-refractivity contribution in [3.63, 3.8) is 0 Å². The van der Waals surface area contributed by atoms with E-state index in [0.29, 0.717) is 5.88 Å². The Kier molecular flexibility index (Phi) is 3.47. The molecule has 2 rings (SSSR count). The largest absolute Gasteiger partial charge is 0.481 e. The van der Waals surface area contributed by atoms with Gasteiger partial charge >= 0.3 is 0 Å². The van der Waals surface area contributed by atoms with E-state index < -0.39 is 0 Å². The van der Waals surface area contributed by atoms with Crippen molar-refractivity contribution in [2.75, 3.05) is 31.6 Å². The number of hydrogen-bond acceptors (Lipinski definition) is 5. The van der Waals surface area contributed by atoms with Crippen molar-refractivity contribution in [1.29, 1.82) is 0 Å². The predicted octanol–water partition coefficient (Wildman–Crippen LogP) is 1.05. The molecular weight excluding hydrogens is 216 g/mol. The van der Waals surface area contributed by atoms with Crippen molar-refractivity contribution in [3.05, 3.63) is 12.4 Å². The molecule has 1 aliphatic heterocycles. The molecule has 0 spiro atoms. The second-order valence-corrected chi connectivity index (χ2v) is 4.92. The molecule has 2 N–H and O–H groups in total. The molecule has 94 valence electrons. The topological polar surface area (TPSA) is 64.3 Å². The minimum Gasteiger partial charge on any atom is -0.481 e. The number of anilines is 1. The van der Waals surface area contributed by atoms with E-state index in [-0.39, 0.29) is 5.41 Å². The smallest absolute Gasteiger partial charge is 0.218 e. The third-order valence-electron chi connectivity index (χ3n) is 3.62. The number of rotatable bonds is 3. The van der Waals surface area contributed by atoms with Crippen molar-refractivity contribution < 1.29 is 4.74 Å². The van der Waals surface area contributed by atoms with Gasteiger partial charge in [0.1, 0.15) is 12.1 Å². The molecule has 0 unspecified atom stereocenters. The summed E-state index contributed by atoms with van der Waals surface area (Å²) in [6.45, 7) is 5.00. The number of nitrogens with zero attached hydrogens (tertiary/aromatic N) is 3. The molecule has 0 saturated carbocycles. The Bertz CT molecular complexity index is 375. The van der Waals surface area contributed by atoms with Gasteiger partial charge in [0.15, 0.2) is 0 Å². The number of aromatic nitrogens is 2. The lowest BCUT2D eigenvalue weighted by molar-refractivity contribution is 0.257. The Balaban J connectivity index is 2.05. The van der Waals surface area contributed by atoms with Gasteiger partial charge in [-0.15, -0.1) is 0 Å². The van der Waals surface area contributed by atoms with Crippen molar-refractivity contribution in [2.24, 2.45) is 11.1 Å². The number of methoxy groups -OCH3 is 1. The first-order valence-corrected chi connectivity index (χ1v) is 5.98. The molecule has 1 saturated heterocycles. The number of hydrogen-bond donors (Lipinski definition) is 1. The molecule has 0 radical (unpaired) electrons. The number of piperidine rings is 1. The Morgan fingerprint density at radius 2 is 2.12 bits per heavy atom. The van der Waals surface area contributed by atoms with E-state index in [1.165, 1.54) is 0 Å². The van der Waals surface area contributed by atoms with Crippen molar-refractivity contribution in [2.45, 2.75) is 19.8 Å². The zero-order valence-electron chi connectivity index (χ0n) is 10.5. The molecule has 0 atom stereocenters. The van der Waals surface area contributed by atoms with E-state index in [1.54, 1.807) is 13.4 Å². The second-order valence-electron chi connectivity index (χ2n) is 4.92. The van der Waals surface area contributed by atoms with Gasteiger partial charge in [-0.05, 0) is 24.8 Å². The van der Waals surface area contributed by atoms with Gasteiger partial charge < -0.3 is 15.4 Å². The van der Waals surface area contributed by atoms with Gasteiger partial charge in [-0.2, -0.15) is 0 Å². The fraction of sp³-hybridized carbons (Fsp3) is 0.667. The first-order chi connectivity index (χ1) is 8.17. The van der Waals surface area contributed by atoms with Crippen LogP contribution in [0.5, 0.6) is 5.88 Å². The minimum atomic E-state index is 0.285. The van der Waals surface area contributed by atoms with E-state index in [0.717, 1.165) is 38.3 Å². The van der Waals surface area contributed by atoms with Crippen LogP contribution in [0.15, 0.2) is 12.4 Å². The molecule has 0 aliphatic carbocycles. The van der Waals surface area contributed by atoms with Crippen LogP contribution in [0.25, 0.3) is 0 Å². The van der Waals surface area contributed by atoms with E-state index in [9.17, 15) is 0 Å². The van der Waals surface area contributed by atoms with Crippen LogP contribution in [0.1, 0.15) is 19.8 Å². The van der Waals surface area contributed by atoms with Crippen LogP contribution in [-0.4, -0.2) is 36.7 Å². The van der Waals surface area contributed by atoms with Gasteiger partial charge in [-0.3, -0.25) is 0 Å². The van der Waals surface area contributed by atoms with Crippen LogP contribution in [-0.2, 0) is 0 Å². The fourth-order valence-corrected chi connectivity index (χ4v) is 2.09. The lowest BCUT2D eigenvalue weighted by Gasteiger charge is -2.39. The summed E-state index contributed by atoms with van der Waals surface area (Å²) >= 11 is 0. The molecule has 1 aromatic heterocycles. The Morgan fingerprint density at radius 1 is 1.41 bits per heavy atom. The van der Waals surface area contributed by atoms with Crippen LogP contribution in [0, 0.1) is 5.41 Å². The highest BCUT2D eigenvalue weighted by Crippen LogP contribution is 2.31. The SMILES string of the molecule is COc1cc(N2CCC(C)(CN)CC2)ncn1. The van der Waals surface area contributed by atoms with E-state index in [1.807, 2.05) is 6.07 Å². The number of nitrogens with two attached hydrogens (primary N) is 1. The summed E-state index contributed by atoms with van der Waals surface area (Å²) in [5, 5.41) is 0. The fourth-order valence-electron chi connectivity index (χ4n) is 2.09. The summed E-state index contributed by atoms with van der Waals surface area (Å²) in [6, 6.07) is 1.88. The standard InChI is InChI=1S/C12H20N4O/c1-12(8-13)3-5-16(6-4-12)10-7-11(17-2)15-9-14-10/h7,9H,3-6,8,13H2,1-2H3. The molecule has 2 heterocycles.